The van der Waals surface area contributed by atoms with Gasteiger partial charge in [-0.2, -0.15) is 0 Å². The number of nitrogens with one attached hydrogen (secondary N) is 1. The molecule has 0 radical (unpaired) electrons. The Balaban J connectivity index is 2.40. The number of phenols is 1. The van der Waals surface area contributed by atoms with Crippen molar-refractivity contribution >= 4 is 44.7 Å². The molecule has 0 unspecified atom stereocenters. The number of benzene rings is 2. The van der Waals surface area contributed by atoms with Crippen LogP contribution in [-0.2, 0) is 0 Å². The molecule has 0 fully saturated rings. The Labute approximate surface area is 133 Å². The monoisotopic (exact) mass is 368 g/mol. The first-order chi connectivity index (χ1) is 9.90. The smallest absolute Gasteiger partial charge is 0.262 e. The molecule has 21 heavy (non-hydrogen) atoms. The van der Waals surface area contributed by atoms with Crippen molar-refractivity contribution in [1.29, 1.82) is 0 Å². The lowest BCUT2D eigenvalue weighted by molar-refractivity contribution is 0.102. The van der Waals surface area contributed by atoms with Crippen molar-refractivity contribution in [3.05, 3.63) is 57.8 Å². The summed E-state index contributed by atoms with van der Waals surface area (Å²) in [6.07, 6.45) is 0. The molecule has 4 N–H and O–H groups in total. The maximum Gasteiger partial charge on any atom is 0.262 e. The third kappa shape index (κ3) is 3.37. The summed E-state index contributed by atoms with van der Waals surface area (Å²) in [6, 6.07) is 8.55. The van der Waals surface area contributed by atoms with E-state index in [2.05, 4.69) is 21.2 Å². The number of hydrogen-bond acceptors (Lipinski definition) is 3. The van der Waals surface area contributed by atoms with Crippen molar-refractivity contribution in [3.63, 3.8) is 0 Å². The summed E-state index contributed by atoms with van der Waals surface area (Å²) in [7, 11) is 0. The average molecular weight is 369 g/mol. The summed E-state index contributed by atoms with van der Waals surface area (Å²) >= 11 is 8.16. The van der Waals surface area contributed by atoms with Crippen LogP contribution in [0.15, 0.2) is 40.9 Å². The number of carbonyl (C=O) groups excluding carboxylic acids is 1. The lowest BCUT2D eigenvalue weighted by atomic mass is 10.1. The Morgan fingerprint density at radius 1 is 1.33 bits per heavy atom. The number of thiocarbonyl (C=S) groups is 1. The molecule has 108 valence electrons. The highest BCUT2D eigenvalue weighted by Crippen LogP contribution is 2.25. The van der Waals surface area contributed by atoms with Crippen LogP contribution in [0.5, 0.6) is 5.75 Å². The van der Waals surface area contributed by atoms with Crippen LogP contribution in [0.4, 0.5) is 10.1 Å². The standard InChI is InChI=1S/C14H10BrFN2O2S/c15-7-4-5-8(13(17)21)10(6-7)18-14(20)12-9(16)2-1-3-11(12)19/h1-6,19H,(H2,17,21)(H,18,20). The van der Waals surface area contributed by atoms with E-state index in [0.29, 0.717) is 15.7 Å². The van der Waals surface area contributed by atoms with Crippen molar-refractivity contribution in [2.45, 2.75) is 0 Å². The number of hydrogen-bond donors (Lipinski definition) is 3. The van der Waals surface area contributed by atoms with Crippen LogP contribution < -0.4 is 11.1 Å². The molecule has 0 aliphatic heterocycles. The summed E-state index contributed by atoms with van der Waals surface area (Å²) in [5, 5.41) is 12.1. The molecule has 2 aromatic carbocycles. The molecule has 2 rings (SSSR count). The van der Waals surface area contributed by atoms with Crippen molar-refractivity contribution in [3.8, 4) is 5.75 Å². The van der Waals surface area contributed by atoms with E-state index in [0.717, 1.165) is 6.07 Å². The average Bonchev–Trinajstić information content (AvgIpc) is 2.38. The minimum absolute atomic E-state index is 0.0931. The molecule has 7 heteroatoms. The van der Waals surface area contributed by atoms with Crippen LogP contribution in [0.25, 0.3) is 0 Å². The lowest BCUT2D eigenvalue weighted by Crippen LogP contribution is -2.18. The van der Waals surface area contributed by atoms with Gasteiger partial charge in [0.15, 0.2) is 0 Å². The Bertz CT molecular complexity index is 717. The van der Waals surface area contributed by atoms with Crippen LogP contribution >= 0.6 is 28.1 Å². The van der Waals surface area contributed by atoms with Crippen molar-refractivity contribution in [2.24, 2.45) is 5.73 Å². The topological polar surface area (TPSA) is 75.3 Å². The number of anilines is 1. The zero-order valence-electron chi connectivity index (χ0n) is 10.6. The van der Waals surface area contributed by atoms with Crippen LogP contribution in [-0.4, -0.2) is 16.0 Å². The van der Waals surface area contributed by atoms with Crippen LogP contribution in [0.3, 0.4) is 0 Å². The van der Waals surface area contributed by atoms with Gasteiger partial charge in [0.1, 0.15) is 22.1 Å². The molecular formula is C14H10BrFN2O2S. The minimum atomic E-state index is -0.820. The Hall–Kier alpha value is -1.99. The highest BCUT2D eigenvalue weighted by Gasteiger charge is 2.18. The second-order valence-corrected chi connectivity index (χ2v) is 5.50. The maximum absolute atomic E-state index is 13.7. The van der Waals surface area contributed by atoms with E-state index in [1.54, 1.807) is 18.2 Å². The first-order valence-electron chi connectivity index (χ1n) is 5.78. The van der Waals surface area contributed by atoms with Crippen LogP contribution in [0.2, 0.25) is 0 Å². The van der Waals surface area contributed by atoms with E-state index >= 15 is 0 Å². The fourth-order valence-corrected chi connectivity index (χ4v) is 2.30. The molecule has 0 aliphatic rings. The van der Waals surface area contributed by atoms with Gasteiger partial charge in [-0.3, -0.25) is 4.79 Å². The molecule has 4 nitrogen and oxygen atoms in total. The van der Waals surface area contributed by atoms with E-state index < -0.39 is 23.0 Å². The number of aromatic hydroxyl groups is 1. The molecule has 1 amide bonds. The van der Waals surface area contributed by atoms with Crippen molar-refractivity contribution < 1.29 is 14.3 Å². The third-order valence-corrected chi connectivity index (χ3v) is 3.43. The molecule has 0 heterocycles. The normalized spacial score (nSPS) is 10.2. The highest BCUT2D eigenvalue weighted by molar-refractivity contribution is 9.10. The van der Waals surface area contributed by atoms with E-state index in [4.69, 9.17) is 18.0 Å². The zero-order valence-corrected chi connectivity index (χ0v) is 13.0. The van der Waals surface area contributed by atoms with Gasteiger partial charge in [-0.15, -0.1) is 0 Å². The summed E-state index contributed by atoms with van der Waals surface area (Å²) in [6.45, 7) is 0. The zero-order chi connectivity index (χ0) is 15.6. The first-order valence-corrected chi connectivity index (χ1v) is 6.98. The van der Waals surface area contributed by atoms with Gasteiger partial charge in [0.05, 0.1) is 5.69 Å². The van der Waals surface area contributed by atoms with Gasteiger partial charge >= 0.3 is 0 Å². The predicted octanol–water partition coefficient (Wildman–Crippen LogP) is 3.18. The van der Waals surface area contributed by atoms with E-state index in [1.165, 1.54) is 12.1 Å². The Kier molecular flexibility index (Phi) is 4.54. The first kappa shape index (κ1) is 15.4. The molecule has 0 saturated carbocycles. The van der Waals surface area contributed by atoms with Crippen molar-refractivity contribution in [2.75, 3.05) is 5.32 Å². The summed E-state index contributed by atoms with van der Waals surface area (Å²) in [5.41, 5.74) is 5.91. The molecular weight excluding hydrogens is 359 g/mol. The van der Waals surface area contributed by atoms with Crippen molar-refractivity contribution in [1.82, 2.24) is 0 Å². The van der Waals surface area contributed by atoms with Gasteiger partial charge < -0.3 is 16.2 Å². The highest BCUT2D eigenvalue weighted by atomic mass is 79.9. The maximum atomic E-state index is 13.7. The van der Waals surface area contributed by atoms with Gasteiger partial charge in [0.25, 0.3) is 5.91 Å². The van der Waals surface area contributed by atoms with Gasteiger partial charge in [-0.25, -0.2) is 4.39 Å². The Morgan fingerprint density at radius 2 is 2.05 bits per heavy atom. The number of carbonyl (C=O) groups is 1. The second kappa shape index (κ2) is 6.19. The fraction of sp³-hybridized carbons (Fsp3) is 0. The number of rotatable bonds is 3. The van der Waals surface area contributed by atoms with Crippen LogP contribution in [0, 0.1) is 5.82 Å². The molecule has 0 aromatic heterocycles. The van der Waals surface area contributed by atoms with E-state index in [9.17, 15) is 14.3 Å². The lowest BCUT2D eigenvalue weighted by Gasteiger charge is -2.12. The van der Waals surface area contributed by atoms with Gasteiger partial charge in [-0.1, -0.05) is 34.2 Å². The van der Waals surface area contributed by atoms with Crippen LogP contribution in [0.1, 0.15) is 15.9 Å². The number of halogens is 2. The molecule has 0 saturated heterocycles. The van der Waals surface area contributed by atoms with Gasteiger partial charge in [-0.05, 0) is 30.3 Å². The predicted molar refractivity (Wildman–Crippen MR) is 86.0 cm³/mol. The van der Waals surface area contributed by atoms with Gasteiger partial charge in [0.2, 0.25) is 0 Å². The quantitative estimate of drug-likeness (QED) is 0.727. The number of amides is 1. The Morgan fingerprint density at radius 3 is 2.67 bits per heavy atom. The van der Waals surface area contributed by atoms with E-state index in [1.807, 2.05) is 0 Å². The second-order valence-electron chi connectivity index (χ2n) is 4.14. The number of nitrogens with two attached hydrogens (primary N) is 1. The number of phenolic OH excluding ortho intramolecular Hbond substituents is 1. The summed E-state index contributed by atoms with van der Waals surface area (Å²) < 4.78 is 14.4. The molecule has 0 spiro atoms. The summed E-state index contributed by atoms with van der Waals surface area (Å²) in [5.74, 6) is -2.06. The SMILES string of the molecule is NC(=S)c1ccc(Br)cc1NC(=O)c1c(O)cccc1F. The minimum Gasteiger partial charge on any atom is -0.507 e. The molecule has 2 aromatic rings. The third-order valence-electron chi connectivity index (χ3n) is 2.71. The molecule has 0 atom stereocenters. The molecule has 0 bridgehead atoms. The molecule has 0 aliphatic carbocycles. The van der Waals surface area contributed by atoms with E-state index in [-0.39, 0.29) is 4.99 Å². The summed E-state index contributed by atoms with van der Waals surface area (Å²) in [4.78, 5) is 12.2. The van der Waals surface area contributed by atoms with Gasteiger partial charge in [0, 0.05) is 10.0 Å². The largest absolute Gasteiger partial charge is 0.507 e. The fourth-order valence-electron chi connectivity index (χ4n) is 1.76.